The van der Waals surface area contributed by atoms with Crippen LogP contribution in [0, 0.1) is 19.7 Å². The lowest BCUT2D eigenvalue weighted by Crippen LogP contribution is -2.51. The van der Waals surface area contributed by atoms with Gasteiger partial charge in [0, 0.05) is 37.9 Å². The third kappa shape index (κ3) is 3.50. The van der Waals surface area contributed by atoms with E-state index in [1.165, 1.54) is 22.9 Å². The quantitative estimate of drug-likeness (QED) is 0.626. The molecule has 1 saturated heterocycles. The van der Waals surface area contributed by atoms with Gasteiger partial charge in [-0.15, -0.1) is 0 Å². The van der Waals surface area contributed by atoms with Crippen LogP contribution in [-0.2, 0) is 10.2 Å². The lowest BCUT2D eigenvalue weighted by molar-refractivity contribution is -0.134. The number of amides is 1. The van der Waals surface area contributed by atoms with Gasteiger partial charge in [-0.1, -0.05) is 29.4 Å². The lowest BCUT2D eigenvalue weighted by Gasteiger charge is -2.38. The number of carbonyl (C=O) groups excluding carboxylic acids is 1. The zero-order valence-corrected chi connectivity index (χ0v) is 17.9. The van der Waals surface area contributed by atoms with E-state index >= 15 is 0 Å². The van der Waals surface area contributed by atoms with Crippen LogP contribution in [0.2, 0.25) is 0 Å². The van der Waals surface area contributed by atoms with Crippen molar-refractivity contribution in [3.8, 4) is 11.3 Å². The Morgan fingerprint density at radius 2 is 1.77 bits per heavy atom. The number of halogens is 1. The van der Waals surface area contributed by atoms with E-state index in [1.807, 2.05) is 4.90 Å². The summed E-state index contributed by atoms with van der Waals surface area (Å²) in [6.07, 6.45) is 1.51. The Morgan fingerprint density at radius 1 is 1.03 bits per heavy atom. The molecule has 31 heavy (non-hydrogen) atoms. The molecule has 0 unspecified atom stereocenters. The van der Waals surface area contributed by atoms with E-state index in [9.17, 15) is 9.18 Å². The van der Waals surface area contributed by atoms with Gasteiger partial charge < -0.3 is 14.3 Å². The first kappa shape index (κ1) is 19.8. The Kier molecular flexibility index (Phi) is 4.80. The molecule has 5 rings (SSSR count). The standard InChI is InChI=1S/C25H26FN3O2/c1-17-7-8-18(2)21(15-17)28-11-13-29(14-12-28)24(30)25(9-10-25)23-16-22(31-27-23)19-5-3-4-6-20(19)26/h3-8,15-16H,9-14H2,1-2H3. The molecule has 1 aliphatic heterocycles. The Balaban J connectivity index is 1.30. The summed E-state index contributed by atoms with van der Waals surface area (Å²) in [7, 11) is 0. The van der Waals surface area contributed by atoms with Crippen molar-refractivity contribution in [2.75, 3.05) is 31.1 Å². The van der Waals surface area contributed by atoms with Crippen molar-refractivity contribution in [3.05, 3.63) is 71.2 Å². The van der Waals surface area contributed by atoms with E-state index in [0.717, 1.165) is 25.9 Å². The maximum atomic E-state index is 14.1. The largest absolute Gasteiger partial charge is 0.368 e. The first-order valence-electron chi connectivity index (χ1n) is 10.8. The summed E-state index contributed by atoms with van der Waals surface area (Å²) in [5, 5.41) is 4.17. The van der Waals surface area contributed by atoms with Crippen LogP contribution >= 0.6 is 0 Å². The first-order chi connectivity index (χ1) is 15.0. The zero-order chi connectivity index (χ0) is 21.6. The SMILES string of the molecule is Cc1ccc(C)c(N2CCN(C(=O)C3(c4cc(-c5ccccc5F)on4)CC3)CC2)c1. The fourth-order valence-electron chi connectivity index (χ4n) is 4.51. The second-order valence-corrected chi connectivity index (χ2v) is 8.71. The molecule has 2 heterocycles. The molecule has 5 nitrogen and oxygen atoms in total. The number of piperazine rings is 1. The van der Waals surface area contributed by atoms with Gasteiger partial charge in [0.2, 0.25) is 5.91 Å². The van der Waals surface area contributed by atoms with E-state index in [1.54, 1.807) is 24.3 Å². The van der Waals surface area contributed by atoms with Gasteiger partial charge in [0.1, 0.15) is 5.82 Å². The third-order valence-electron chi connectivity index (χ3n) is 6.57. The first-order valence-corrected chi connectivity index (χ1v) is 10.8. The fourth-order valence-corrected chi connectivity index (χ4v) is 4.51. The van der Waals surface area contributed by atoms with Crippen LogP contribution in [0.25, 0.3) is 11.3 Å². The van der Waals surface area contributed by atoms with Crippen molar-refractivity contribution in [2.24, 2.45) is 0 Å². The second-order valence-electron chi connectivity index (χ2n) is 8.71. The Labute approximate surface area is 181 Å². The summed E-state index contributed by atoms with van der Waals surface area (Å²) in [6, 6.07) is 14.7. The molecule has 1 saturated carbocycles. The number of anilines is 1. The minimum absolute atomic E-state index is 0.112. The normalized spacial score (nSPS) is 17.6. The van der Waals surface area contributed by atoms with Gasteiger partial charge in [0.05, 0.1) is 16.7 Å². The molecular weight excluding hydrogens is 393 g/mol. The smallest absolute Gasteiger partial charge is 0.235 e. The Morgan fingerprint density at radius 3 is 2.48 bits per heavy atom. The number of nitrogens with zero attached hydrogens (tertiary/aromatic N) is 3. The molecule has 0 spiro atoms. The van der Waals surface area contributed by atoms with Crippen molar-refractivity contribution in [3.63, 3.8) is 0 Å². The maximum Gasteiger partial charge on any atom is 0.235 e. The van der Waals surface area contributed by atoms with Crippen LogP contribution in [-0.4, -0.2) is 42.1 Å². The molecule has 0 atom stereocenters. The highest BCUT2D eigenvalue weighted by Gasteiger charge is 2.55. The molecule has 2 fully saturated rings. The number of hydrogen-bond acceptors (Lipinski definition) is 4. The third-order valence-corrected chi connectivity index (χ3v) is 6.57. The van der Waals surface area contributed by atoms with Crippen LogP contribution < -0.4 is 4.90 Å². The molecule has 1 aromatic heterocycles. The predicted molar refractivity (Wildman–Crippen MR) is 118 cm³/mol. The fraction of sp³-hybridized carbons (Fsp3) is 0.360. The molecule has 1 aliphatic carbocycles. The molecule has 0 N–H and O–H groups in total. The summed E-state index contributed by atoms with van der Waals surface area (Å²) in [4.78, 5) is 17.7. The topological polar surface area (TPSA) is 49.6 Å². The zero-order valence-electron chi connectivity index (χ0n) is 17.9. The van der Waals surface area contributed by atoms with E-state index in [4.69, 9.17) is 4.52 Å². The Bertz CT molecular complexity index is 1130. The maximum absolute atomic E-state index is 14.1. The van der Waals surface area contributed by atoms with E-state index in [-0.39, 0.29) is 11.7 Å². The van der Waals surface area contributed by atoms with Gasteiger partial charge in [0.25, 0.3) is 0 Å². The van der Waals surface area contributed by atoms with Crippen LogP contribution in [0.3, 0.4) is 0 Å². The molecule has 3 aromatic rings. The number of aryl methyl sites for hydroxylation is 2. The van der Waals surface area contributed by atoms with Crippen LogP contribution in [0.1, 0.15) is 29.7 Å². The molecule has 0 radical (unpaired) electrons. The number of carbonyl (C=O) groups is 1. The summed E-state index contributed by atoms with van der Waals surface area (Å²) in [5.41, 5.74) is 4.12. The molecular formula is C25H26FN3O2. The number of rotatable bonds is 4. The van der Waals surface area contributed by atoms with Crippen LogP contribution in [0.15, 0.2) is 53.1 Å². The van der Waals surface area contributed by atoms with Crippen molar-refractivity contribution < 1.29 is 13.7 Å². The van der Waals surface area contributed by atoms with Gasteiger partial charge in [-0.2, -0.15) is 0 Å². The highest BCUT2D eigenvalue weighted by molar-refractivity contribution is 5.91. The molecule has 0 bridgehead atoms. The van der Waals surface area contributed by atoms with E-state index in [2.05, 4.69) is 42.1 Å². The van der Waals surface area contributed by atoms with Gasteiger partial charge in [0.15, 0.2) is 5.76 Å². The Hall–Kier alpha value is -3.15. The molecule has 1 amide bonds. The summed E-state index contributed by atoms with van der Waals surface area (Å²) < 4.78 is 19.5. The van der Waals surface area contributed by atoms with Crippen LogP contribution in [0.4, 0.5) is 10.1 Å². The van der Waals surface area contributed by atoms with Gasteiger partial charge >= 0.3 is 0 Å². The van der Waals surface area contributed by atoms with Crippen molar-refractivity contribution in [1.29, 1.82) is 0 Å². The minimum atomic E-state index is -0.617. The monoisotopic (exact) mass is 419 g/mol. The minimum Gasteiger partial charge on any atom is -0.368 e. The summed E-state index contributed by atoms with van der Waals surface area (Å²) >= 11 is 0. The van der Waals surface area contributed by atoms with Crippen molar-refractivity contribution >= 4 is 11.6 Å². The highest BCUT2D eigenvalue weighted by Crippen LogP contribution is 2.50. The molecule has 160 valence electrons. The molecule has 2 aliphatic rings. The number of hydrogen-bond donors (Lipinski definition) is 0. The van der Waals surface area contributed by atoms with Crippen LogP contribution in [0.5, 0.6) is 0 Å². The van der Waals surface area contributed by atoms with Gasteiger partial charge in [-0.3, -0.25) is 4.79 Å². The van der Waals surface area contributed by atoms with Gasteiger partial charge in [-0.25, -0.2) is 4.39 Å². The molecule has 6 heteroatoms. The average Bonchev–Trinajstić information content (AvgIpc) is 3.45. The average molecular weight is 420 g/mol. The lowest BCUT2D eigenvalue weighted by atomic mass is 9.98. The summed E-state index contributed by atoms with van der Waals surface area (Å²) in [6.45, 7) is 7.23. The summed E-state index contributed by atoms with van der Waals surface area (Å²) in [5.74, 6) is 0.123. The van der Waals surface area contributed by atoms with E-state index < -0.39 is 5.41 Å². The second kappa shape index (κ2) is 7.52. The van der Waals surface area contributed by atoms with Crippen molar-refractivity contribution in [2.45, 2.75) is 32.1 Å². The molecule has 2 aromatic carbocycles. The van der Waals surface area contributed by atoms with Gasteiger partial charge in [-0.05, 0) is 56.0 Å². The highest BCUT2D eigenvalue weighted by atomic mass is 19.1. The predicted octanol–water partition coefficient (Wildman–Crippen LogP) is 4.48. The van der Waals surface area contributed by atoms with E-state index in [0.29, 0.717) is 30.1 Å². The number of aromatic nitrogens is 1. The van der Waals surface area contributed by atoms with Crippen molar-refractivity contribution in [1.82, 2.24) is 10.1 Å². The number of benzene rings is 2.